The molecule has 2 aromatic carbocycles. The van der Waals surface area contributed by atoms with Crippen LogP contribution in [0.4, 0.5) is 16.2 Å². The van der Waals surface area contributed by atoms with Gasteiger partial charge in [0.05, 0.1) is 7.11 Å². The van der Waals surface area contributed by atoms with Gasteiger partial charge >= 0.3 is 6.09 Å². The lowest BCUT2D eigenvalue weighted by Gasteiger charge is -2.13. The molecule has 0 aliphatic rings. The number of nitrogens with one attached hydrogen (secondary N) is 1. The van der Waals surface area contributed by atoms with Crippen LogP contribution in [-0.4, -0.2) is 27.3 Å². The molecule has 1 N–H and O–H groups in total. The second kappa shape index (κ2) is 6.10. The number of nitrogens with zero attached hydrogens (tertiary/aromatic N) is 1. The van der Waals surface area contributed by atoms with Crippen LogP contribution in [0.2, 0.25) is 0 Å². The number of hydrogen-bond donors (Lipinski definition) is 1. The van der Waals surface area contributed by atoms with Crippen LogP contribution in [0.25, 0.3) is 11.1 Å². The molecule has 0 heterocycles. The van der Waals surface area contributed by atoms with Crippen LogP contribution in [0.3, 0.4) is 0 Å². The number of carbonyl (C=O) groups is 1. The van der Waals surface area contributed by atoms with E-state index in [-0.39, 0.29) is 0 Å². The van der Waals surface area contributed by atoms with Crippen LogP contribution in [0.1, 0.15) is 0 Å². The number of hydrogen-bond acceptors (Lipinski definition) is 3. The topological polar surface area (TPSA) is 41.6 Å². The highest BCUT2D eigenvalue weighted by atomic mass is 16.5. The highest BCUT2D eigenvalue weighted by Crippen LogP contribution is 2.23. The summed E-state index contributed by atoms with van der Waals surface area (Å²) >= 11 is 0. The van der Waals surface area contributed by atoms with E-state index >= 15 is 0 Å². The number of methoxy groups -OCH3 is 1. The summed E-state index contributed by atoms with van der Waals surface area (Å²) in [7, 11) is 5.38. The molecule has 0 bridgehead atoms. The molecule has 0 atom stereocenters. The van der Waals surface area contributed by atoms with Gasteiger partial charge < -0.3 is 9.64 Å². The van der Waals surface area contributed by atoms with Crippen LogP contribution >= 0.6 is 0 Å². The maximum Gasteiger partial charge on any atom is 0.411 e. The highest BCUT2D eigenvalue weighted by Gasteiger charge is 2.02. The van der Waals surface area contributed by atoms with Gasteiger partial charge in [-0.3, -0.25) is 5.32 Å². The minimum absolute atomic E-state index is 0.465. The summed E-state index contributed by atoms with van der Waals surface area (Å²) in [5.74, 6) is 0. The first-order chi connectivity index (χ1) is 9.60. The van der Waals surface area contributed by atoms with Gasteiger partial charge in [0.1, 0.15) is 0 Å². The zero-order chi connectivity index (χ0) is 14.5. The summed E-state index contributed by atoms with van der Waals surface area (Å²) in [6, 6.07) is 16.0. The molecule has 4 nitrogen and oxygen atoms in total. The van der Waals surface area contributed by atoms with Crippen LogP contribution in [0.15, 0.2) is 48.5 Å². The summed E-state index contributed by atoms with van der Waals surface area (Å²) in [5, 5.41) is 2.63. The van der Waals surface area contributed by atoms with Gasteiger partial charge in [-0.15, -0.1) is 0 Å². The standard InChI is InChI=1S/C16H18N2O2/c1-18(2)15-10-6-13(7-11-15)12-4-8-14(9-5-12)17-16(19)20-3/h4-11H,1-3H3,(H,17,19). The van der Waals surface area contributed by atoms with Crippen molar-refractivity contribution in [1.29, 1.82) is 0 Å². The first kappa shape index (κ1) is 13.9. The van der Waals surface area contributed by atoms with E-state index in [1.165, 1.54) is 7.11 Å². The Morgan fingerprint density at radius 2 is 1.45 bits per heavy atom. The molecule has 104 valence electrons. The van der Waals surface area contributed by atoms with Crippen molar-refractivity contribution in [2.24, 2.45) is 0 Å². The Kier molecular flexibility index (Phi) is 4.25. The molecule has 4 heteroatoms. The zero-order valence-corrected chi connectivity index (χ0v) is 11.9. The largest absolute Gasteiger partial charge is 0.453 e. The average molecular weight is 270 g/mol. The molecule has 0 aliphatic carbocycles. The predicted octanol–water partition coefficient (Wildman–Crippen LogP) is 3.60. The molecule has 1 amide bonds. The Balaban J connectivity index is 2.15. The summed E-state index contributed by atoms with van der Waals surface area (Å²) in [5.41, 5.74) is 4.12. The number of benzene rings is 2. The van der Waals surface area contributed by atoms with Gasteiger partial charge in [-0.05, 0) is 35.4 Å². The van der Waals surface area contributed by atoms with Gasteiger partial charge in [0, 0.05) is 25.5 Å². The molecule has 0 saturated carbocycles. The first-order valence-corrected chi connectivity index (χ1v) is 6.33. The predicted molar refractivity (Wildman–Crippen MR) is 82.2 cm³/mol. The van der Waals surface area contributed by atoms with E-state index in [2.05, 4.69) is 39.2 Å². The molecule has 0 spiro atoms. The Labute approximate surface area is 119 Å². The second-order valence-corrected chi connectivity index (χ2v) is 4.64. The first-order valence-electron chi connectivity index (χ1n) is 6.33. The fourth-order valence-electron chi connectivity index (χ4n) is 1.87. The van der Waals surface area contributed by atoms with E-state index in [1.807, 2.05) is 38.4 Å². The molecule has 0 aliphatic heterocycles. The SMILES string of the molecule is COC(=O)Nc1ccc(-c2ccc(N(C)C)cc2)cc1. The van der Waals surface area contributed by atoms with E-state index in [1.54, 1.807) is 0 Å². The van der Waals surface area contributed by atoms with E-state index in [4.69, 9.17) is 0 Å². The molecule has 20 heavy (non-hydrogen) atoms. The molecular formula is C16H18N2O2. The van der Waals surface area contributed by atoms with E-state index < -0.39 is 6.09 Å². The third-order valence-corrected chi connectivity index (χ3v) is 3.03. The van der Waals surface area contributed by atoms with Gasteiger partial charge in [-0.1, -0.05) is 24.3 Å². The number of amides is 1. The molecule has 0 saturated heterocycles. The smallest absolute Gasteiger partial charge is 0.411 e. The molecular weight excluding hydrogens is 252 g/mol. The minimum Gasteiger partial charge on any atom is -0.453 e. The monoisotopic (exact) mass is 270 g/mol. The van der Waals surface area contributed by atoms with Gasteiger partial charge in [0.15, 0.2) is 0 Å². The fraction of sp³-hybridized carbons (Fsp3) is 0.188. The lowest BCUT2D eigenvalue weighted by atomic mass is 10.0. The quantitative estimate of drug-likeness (QED) is 0.926. The lowest BCUT2D eigenvalue weighted by molar-refractivity contribution is 0.187. The second-order valence-electron chi connectivity index (χ2n) is 4.64. The molecule has 2 rings (SSSR count). The van der Waals surface area contributed by atoms with E-state index in [9.17, 15) is 4.79 Å². The molecule has 0 radical (unpaired) electrons. The Bertz CT molecular complexity index is 574. The summed E-state index contributed by atoms with van der Waals surface area (Å²) in [6.07, 6.45) is -0.465. The maximum absolute atomic E-state index is 11.1. The highest BCUT2D eigenvalue weighted by molar-refractivity contribution is 5.85. The normalized spacial score (nSPS) is 9.95. The average Bonchev–Trinajstić information content (AvgIpc) is 2.48. The van der Waals surface area contributed by atoms with Crippen molar-refractivity contribution in [2.75, 3.05) is 31.4 Å². The molecule has 0 aromatic heterocycles. The number of carbonyl (C=O) groups excluding carboxylic acids is 1. The van der Waals surface area contributed by atoms with Crippen LogP contribution in [0.5, 0.6) is 0 Å². The van der Waals surface area contributed by atoms with Crippen LogP contribution in [-0.2, 0) is 4.74 Å². The van der Waals surface area contributed by atoms with Crippen molar-refractivity contribution < 1.29 is 9.53 Å². The van der Waals surface area contributed by atoms with Crippen molar-refractivity contribution in [3.05, 3.63) is 48.5 Å². The van der Waals surface area contributed by atoms with Crippen LogP contribution < -0.4 is 10.2 Å². The van der Waals surface area contributed by atoms with Gasteiger partial charge in [0.2, 0.25) is 0 Å². The molecule has 0 fully saturated rings. The summed E-state index contributed by atoms with van der Waals surface area (Å²) in [4.78, 5) is 13.2. The number of ether oxygens (including phenoxy) is 1. The Morgan fingerprint density at radius 3 is 1.90 bits per heavy atom. The van der Waals surface area contributed by atoms with Crippen molar-refractivity contribution >= 4 is 17.5 Å². The van der Waals surface area contributed by atoms with Crippen molar-refractivity contribution in [3.63, 3.8) is 0 Å². The van der Waals surface area contributed by atoms with Crippen LogP contribution in [0, 0.1) is 0 Å². The summed E-state index contributed by atoms with van der Waals surface area (Å²) < 4.78 is 4.55. The van der Waals surface area contributed by atoms with Crippen molar-refractivity contribution in [1.82, 2.24) is 0 Å². The van der Waals surface area contributed by atoms with Crippen molar-refractivity contribution in [3.8, 4) is 11.1 Å². The Morgan fingerprint density at radius 1 is 0.950 bits per heavy atom. The lowest BCUT2D eigenvalue weighted by Crippen LogP contribution is -2.10. The Hall–Kier alpha value is -2.49. The molecule has 0 unspecified atom stereocenters. The van der Waals surface area contributed by atoms with Gasteiger partial charge in [-0.2, -0.15) is 0 Å². The van der Waals surface area contributed by atoms with E-state index in [0.29, 0.717) is 5.69 Å². The molecule has 2 aromatic rings. The van der Waals surface area contributed by atoms with Crippen molar-refractivity contribution in [2.45, 2.75) is 0 Å². The number of rotatable bonds is 3. The zero-order valence-electron chi connectivity index (χ0n) is 11.9. The summed E-state index contributed by atoms with van der Waals surface area (Å²) in [6.45, 7) is 0. The maximum atomic E-state index is 11.1. The van der Waals surface area contributed by atoms with Gasteiger partial charge in [-0.25, -0.2) is 4.79 Å². The fourth-order valence-corrected chi connectivity index (χ4v) is 1.87. The minimum atomic E-state index is -0.465. The van der Waals surface area contributed by atoms with E-state index in [0.717, 1.165) is 16.8 Å². The third-order valence-electron chi connectivity index (χ3n) is 3.03. The third kappa shape index (κ3) is 3.29. The van der Waals surface area contributed by atoms with Gasteiger partial charge in [0.25, 0.3) is 0 Å². The number of anilines is 2.